The zero-order chi connectivity index (χ0) is 12.5. The fourth-order valence-corrected chi connectivity index (χ4v) is 2.52. The summed E-state index contributed by atoms with van der Waals surface area (Å²) in [7, 11) is 0. The molecule has 0 spiro atoms. The molecule has 0 amide bonds. The average molecular weight is 232 g/mol. The molecule has 1 heterocycles. The topological polar surface area (TPSA) is 15.3 Å². The number of benzene rings is 1. The van der Waals surface area contributed by atoms with E-state index in [1.165, 1.54) is 11.3 Å². The lowest BCUT2D eigenvalue weighted by Gasteiger charge is -2.39. The van der Waals surface area contributed by atoms with Crippen LogP contribution in [0.3, 0.4) is 0 Å². The maximum absolute atomic E-state index is 3.56. The lowest BCUT2D eigenvalue weighted by atomic mass is 10.0. The fourth-order valence-electron chi connectivity index (χ4n) is 2.52. The molecular weight excluding hydrogens is 208 g/mol. The van der Waals surface area contributed by atoms with Crippen molar-refractivity contribution < 1.29 is 0 Å². The van der Waals surface area contributed by atoms with Gasteiger partial charge in [-0.05, 0) is 45.4 Å². The summed E-state index contributed by atoms with van der Waals surface area (Å²) in [6.45, 7) is 12.4. The standard InChI is InChI=1S/C15H24N2/c1-12-5-7-14(8-6-12)17-10-13(2)9-16-11-15(17,3)4/h5-8,13,16H,9-11H2,1-4H3. The predicted molar refractivity (Wildman–Crippen MR) is 74.6 cm³/mol. The van der Waals surface area contributed by atoms with Gasteiger partial charge < -0.3 is 10.2 Å². The van der Waals surface area contributed by atoms with Gasteiger partial charge in [0.2, 0.25) is 0 Å². The van der Waals surface area contributed by atoms with Crippen LogP contribution in [0.15, 0.2) is 24.3 Å². The summed E-state index contributed by atoms with van der Waals surface area (Å²) in [5.74, 6) is 0.693. The highest BCUT2D eigenvalue weighted by Gasteiger charge is 2.30. The van der Waals surface area contributed by atoms with Gasteiger partial charge in [-0.25, -0.2) is 0 Å². The smallest absolute Gasteiger partial charge is 0.0470 e. The van der Waals surface area contributed by atoms with Crippen LogP contribution in [0.25, 0.3) is 0 Å². The molecule has 1 aliphatic heterocycles. The molecule has 2 heteroatoms. The first-order chi connectivity index (χ1) is 7.99. The molecule has 1 saturated heterocycles. The Bertz CT molecular complexity index is 367. The van der Waals surface area contributed by atoms with E-state index in [4.69, 9.17) is 0 Å². The van der Waals surface area contributed by atoms with Gasteiger partial charge in [0.1, 0.15) is 0 Å². The molecule has 2 rings (SSSR count). The molecule has 17 heavy (non-hydrogen) atoms. The minimum absolute atomic E-state index is 0.181. The average Bonchev–Trinajstić information content (AvgIpc) is 2.39. The van der Waals surface area contributed by atoms with Gasteiger partial charge in [-0.1, -0.05) is 24.6 Å². The summed E-state index contributed by atoms with van der Waals surface area (Å²) in [4.78, 5) is 2.54. The Hall–Kier alpha value is -1.02. The molecule has 2 nitrogen and oxygen atoms in total. The molecule has 94 valence electrons. The van der Waals surface area contributed by atoms with Crippen LogP contribution < -0.4 is 10.2 Å². The van der Waals surface area contributed by atoms with E-state index < -0.39 is 0 Å². The monoisotopic (exact) mass is 232 g/mol. The molecule has 1 atom stereocenters. The summed E-state index contributed by atoms with van der Waals surface area (Å²) >= 11 is 0. The highest BCUT2D eigenvalue weighted by Crippen LogP contribution is 2.26. The summed E-state index contributed by atoms with van der Waals surface area (Å²) in [5, 5.41) is 3.56. The van der Waals surface area contributed by atoms with E-state index in [0.29, 0.717) is 5.92 Å². The number of anilines is 1. The first kappa shape index (κ1) is 12.4. The molecular formula is C15H24N2. The largest absolute Gasteiger partial charge is 0.365 e. The predicted octanol–water partition coefficient (Wildman–Crippen LogP) is 2.82. The van der Waals surface area contributed by atoms with Crippen LogP contribution in [0, 0.1) is 12.8 Å². The van der Waals surface area contributed by atoms with Crippen molar-refractivity contribution in [2.75, 3.05) is 24.5 Å². The van der Waals surface area contributed by atoms with Gasteiger partial charge in [0, 0.05) is 24.3 Å². The van der Waals surface area contributed by atoms with Gasteiger partial charge in [-0.2, -0.15) is 0 Å². The van der Waals surface area contributed by atoms with E-state index in [1.807, 2.05) is 0 Å². The Morgan fingerprint density at radius 2 is 1.88 bits per heavy atom. The van der Waals surface area contributed by atoms with Crippen LogP contribution in [0.5, 0.6) is 0 Å². The van der Waals surface area contributed by atoms with Crippen molar-refractivity contribution in [1.82, 2.24) is 5.32 Å². The molecule has 1 unspecified atom stereocenters. The van der Waals surface area contributed by atoms with Gasteiger partial charge in [-0.15, -0.1) is 0 Å². The molecule has 1 aromatic carbocycles. The second-order valence-corrected chi connectivity index (χ2v) is 5.99. The molecule has 0 saturated carbocycles. The second-order valence-electron chi connectivity index (χ2n) is 5.99. The van der Waals surface area contributed by atoms with Crippen molar-refractivity contribution in [2.45, 2.75) is 33.2 Å². The van der Waals surface area contributed by atoms with Crippen molar-refractivity contribution in [2.24, 2.45) is 5.92 Å². The maximum atomic E-state index is 3.56. The fraction of sp³-hybridized carbons (Fsp3) is 0.600. The third-order valence-corrected chi connectivity index (χ3v) is 3.62. The van der Waals surface area contributed by atoms with Crippen molar-refractivity contribution in [3.63, 3.8) is 0 Å². The highest BCUT2D eigenvalue weighted by atomic mass is 15.2. The number of nitrogens with zero attached hydrogens (tertiary/aromatic N) is 1. The zero-order valence-electron chi connectivity index (χ0n) is 11.5. The van der Waals surface area contributed by atoms with E-state index in [-0.39, 0.29) is 5.54 Å². The van der Waals surface area contributed by atoms with Crippen molar-refractivity contribution >= 4 is 5.69 Å². The molecule has 1 fully saturated rings. The highest BCUT2D eigenvalue weighted by molar-refractivity contribution is 5.50. The van der Waals surface area contributed by atoms with Crippen LogP contribution in [0.4, 0.5) is 5.69 Å². The molecule has 0 aliphatic carbocycles. The number of aryl methyl sites for hydroxylation is 1. The van der Waals surface area contributed by atoms with E-state index in [9.17, 15) is 0 Å². The van der Waals surface area contributed by atoms with Gasteiger partial charge in [-0.3, -0.25) is 0 Å². The quantitative estimate of drug-likeness (QED) is 0.801. The van der Waals surface area contributed by atoms with Crippen LogP contribution in [0.2, 0.25) is 0 Å². The first-order valence-corrected chi connectivity index (χ1v) is 6.54. The van der Waals surface area contributed by atoms with Crippen molar-refractivity contribution in [3.8, 4) is 0 Å². The minimum Gasteiger partial charge on any atom is -0.365 e. The Kier molecular flexibility index (Phi) is 3.43. The van der Waals surface area contributed by atoms with E-state index in [0.717, 1.165) is 19.6 Å². The van der Waals surface area contributed by atoms with Crippen molar-refractivity contribution in [3.05, 3.63) is 29.8 Å². The summed E-state index contributed by atoms with van der Waals surface area (Å²) in [5.41, 5.74) is 2.85. The third kappa shape index (κ3) is 2.81. The maximum Gasteiger partial charge on any atom is 0.0470 e. The SMILES string of the molecule is Cc1ccc(N2CC(C)CNCC2(C)C)cc1. The second kappa shape index (κ2) is 4.69. The molecule has 1 aliphatic rings. The van der Waals surface area contributed by atoms with Crippen LogP contribution in [-0.2, 0) is 0 Å². The number of hydrogen-bond donors (Lipinski definition) is 1. The number of hydrogen-bond acceptors (Lipinski definition) is 2. The van der Waals surface area contributed by atoms with Gasteiger partial charge in [0.15, 0.2) is 0 Å². The van der Waals surface area contributed by atoms with E-state index >= 15 is 0 Å². The Labute approximate surface area is 105 Å². The number of nitrogens with one attached hydrogen (secondary N) is 1. The van der Waals surface area contributed by atoms with Crippen LogP contribution >= 0.6 is 0 Å². The Morgan fingerprint density at radius 3 is 2.53 bits per heavy atom. The zero-order valence-corrected chi connectivity index (χ0v) is 11.5. The normalized spacial score (nSPS) is 24.5. The van der Waals surface area contributed by atoms with Crippen molar-refractivity contribution in [1.29, 1.82) is 0 Å². The molecule has 0 radical (unpaired) electrons. The van der Waals surface area contributed by atoms with Gasteiger partial charge in [0.25, 0.3) is 0 Å². The lowest BCUT2D eigenvalue weighted by Crippen LogP contribution is -2.49. The van der Waals surface area contributed by atoms with Crippen LogP contribution in [-0.4, -0.2) is 25.2 Å². The first-order valence-electron chi connectivity index (χ1n) is 6.54. The van der Waals surface area contributed by atoms with Crippen LogP contribution in [0.1, 0.15) is 26.3 Å². The molecule has 1 aromatic rings. The van der Waals surface area contributed by atoms with Gasteiger partial charge in [0.05, 0.1) is 0 Å². The Balaban J connectivity index is 2.29. The minimum atomic E-state index is 0.181. The number of rotatable bonds is 1. The molecule has 1 N–H and O–H groups in total. The molecule has 0 aromatic heterocycles. The van der Waals surface area contributed by atoms with E-state index in [2.05, 4.69) is 62.2 Å². The lowest BCUT2D eigenvalue weighted by molar-refractivity contribution is 0.460. The summed E-state index contributed by atoms with van der Waals surface area (Å²) in [6, 6.07) is 8.90. The van der Waals surface area contributed by atoms with E-state index in [1.54, 1.807) is 0 Å². The van der Waals surface area contributed by atoms with Gasteiger partial charge >= 0.3 is 0 Å². The summed E-state index contributed by atoms with van der Waals surface area (Å²) < 4.78 is 0. The molecule has 0 bridgehead atoms. The summed E-state index contributed by atoms with van der Waals surface area (Å²) in [6.07, 6.45) is 0. The third-order valence-electron chi connectivity index (χ3n) is 3.62. The Morgan fingerprint density at radius 1 is 1.24 bits per heavy atom.